The molecule has 1 amide bonds. The fourth-order valence-corrected chi connectivity index (χ4v) is 2.53. The van der Waals surface area contributed by atoms with Gasteiger partial charge >= 0.3 is 6.18 Å². The minimum atomic E-state index is -4.55. The minimum Gasteiger partial charge on any atom is -0.344 e. The molecule has 2 atom stereocenters. The number of carbonyl (C=O) groups is 1. The Balaban J connectivity index is 2.11. The monoisotopic (exact) mass is 353 g/mol. The van der Waals surface area contributed by atoms with Gasteiger partial charge in [0.15, 0.2) is 5.69 Å². The number of aromatic nitrogens is 2. The van der Waals surface area contributed by atoms with Crippen molar-refractivity contribution in [3.05, 3.63) is 52.8 Å². The van der Waals surface area contributed by atoms with Gasteiger partial charge in [0, 0.05) is 6.07 Å². The standard InChI is InChI=1S/C18H22F3N3O/c1-4-11(3)12-6-8-13(9-7-12)14(5-2)22-17(25)15-10-16(24-23-15)18(19,20)21/h6-11,14H,4-5H2,1-3H3,(H,22,25)(H,23,24). The first-order valence-electron chi connectivity index (χ1n) is 8.29. The summed E-state index contributed by atoms with van der Waals surface area (Å²) in [7, 11) is 0. The lowest BCUT2D eigenvalue weighted by Crippen LogP contribution is -2.28. The van der Waals surface area contributed by atoms with Crippen LogP contribution in [0.4, 0.5) is 13.2 Å². The second-order valence-electron chi connectivity index (χ2n) is 6.07. The van der Waals surface area contributed by atoms with Gasteiger partial charge in [-0.05, 0) is 29.9 Å². The third-order valence-corrected chi connectivity index (χ3v) is 4.35. The summed E-state index contributed by atoms with van der Waals surface area (Å²) in [5.74, 6) is -0.182. The van der Waals surface area contributed by atoms with E-state index in [-0.39, 0.29) is 11.7 Å². The molecule has 0 fully saturated rings. The second-order valence-corrected chi connectivity index (χ2v) is 6.07. The SMILES string of the molecule is CCC(C)c1ccc(C(CC)NC(=O)c2cc(C(F)(F)F)[nH]n2)cc1. The molecule has 2 rings (SSSR count). The van der Waals surface area contributed by atoms with Gasteiger partial charge in [0.2, 0.25) is 0 Å². The first kappa shape index (κ1) is 19.0. The number of amides is 1. The van der Waals surface area contributed by atoms with Crippen molar-refractivity contribution in [2.24, 2.45) is 0 Å². The van der Waals surface area contributed by atoms with Crippen molar-refractivity contribution in [1.29, 1.82) is 0 Å². The van der Waals surface area contributed by atoms with Gasteiger partial charge in [-0.1, -0.05) is 45.0 Å². The number of aromatic amines is 1. The van der Waals surface area contributed by atoms with Crippen molar-refractivity contribution in [3.63, 3.8) is 0 Å². The summed E-state index contributed by atoms with van der Waals surface area (Å²) < 4.78 is 37.8. The largest absolute Gasteiger partial charge is 0.432 e. The molecule has 4 nitrogen and oxygen atoms in total. The van der Waals surface area contributed by atoms with Crippen molar-refractivity contribution in [2.45, 2.75) is 51.7 Å². The van der Waals surface area contributed by atoms with Crippen LogP contribution in [0, 0.1) is 0 Å². The molecule has 25 heavy (non-hydrogen) atoms. The summed E-state index contributed by atoms with van der Waals surface area (Å²) in [6.07, 6.45) is -2.90. The van der Waals surface area contributed by atoms with Gasteiger partial charge in [-0.25, -0.2) is 0 Å². The van der Waals surface area contributed by atoms with Gasteiger partial charge in [0.25, 0.3) is 5.91 Å². The van der Waals surface area contributed by atoms with Gasteiger partial charge in [0.05, 0.1) is 6.04 Å². The molecule has 0 bridgehead atoms. The number of rotatable bonds is 6. The maximum absolute atomic E-state index is 12.6. The molecule has 0 saturated carbocycles. The Labute approximate surface area is 144 Å². The molecule has 0 spiro atoms. The fourth-order valence-electron chi connectivity index (χ4n) is 2.53. The molecule has 2 N–H and O–H groups in total. The third-order valence-electron chi connectivity index (χ3n) is 4.35. The molecule has 0 aliphatic rings. The van der Waals surface area contributed by atoms with Crippen LogP contribution < -0.4 is 5.32 Å². The molecule has 0 radical (unpaired) electrons. The van der Waals surface area contributed by atoms with Crippen LogP contribution in [0.1, 0.15) is 72.9 Å². The number of alkyl halides is 3. The maximum Gasteiger partial charge on any atom is 0.432 e. The van der Waals surface area contributed by atoms with Gasteiger partial charge in [-0.15, -0.1) is 0 Å². The third kappa shape index (κ3) is 4.61. The lowest BCUT2D eigenvalue weighted by Gasteiger charge is -2.18. The van der Waals surface area contributed by atoms with Crippen molar-refractivity contribution in [1.82, 2.24) is 15.5 Å². The Bertz CT molecular complexity index is 707. The quantitative estimate of drug-likeness (QED) is 0.782. The van der Waals surface area contributed by atoms with Gasteiger partial charge in [0.1, 0.15) is 5.69 Å². The Morgan fingerprint density at radius 3 is 2.24 bits per heavy atom. The Hall–Kier alpha value is -2.31. The average Bonchev–Trinajstić information content (AvgIpc) is 3.09. The highest BCUT2D eigenvalue weighted by molar-refractivity contribution is 5.92. The van der Waals surface area contributed by atoms with E-state index in [1.165, 1.54) is 5.56 Å². The Kier molecular flexibility index (Phi) is 5.87. The van der Waals surface area contributed by atoms with E-state index in [4.69, 9.17) is 0 Å². The molecule has 136 valence electrons. The summed E-state index contributed by atoms with van der Waals surface area (Å²) in [4.78, 5) is 12.2. The van der Waals surface area contributed by atoms with Crippen molar-refractivity contribution < 1.29 is 18.0 Å². The van der Waals surface area contributed by atoms with E-state index in [1.807, 2.05) is 36.3 Å². The number of halogens is 3. The Morgan fingerprint density at radius 2 is 1.76 bits per heavy atom. The molecule has 1 heterocycles. The number of hydrogen-bond donors (Lipinski definition) is 2. The number of hydrogen-bond acceptors (Lipinski definition) is 2. The van der Waals surface area contributed by atoms with Gasteiger partial charge in [-0.3, -0.25) is 9.89 Å². The number of nitrogens with one attached hydrogen (secondary N) is 2. The van der Waals surface area contributed by atoms with Crippen LogP contribution in [0.5, 0.6) is 0 Å². The van der Waals surface area contributed by atoms with E-state index in [0.717, 1.165) is 12.0 Å². The second kappa shape index (κ2) is 7.72. The van der Waals surface area contributed by atoms with Crippen molar-refractivity contribution >= 4 is 5.91 Å². The number of benzene rings is 1. The molecule has 1 aromatic carbocycles. The van der Waals surface area contributed by atoms with Gasteiger partial charge < -0.3 is 5.32 Å². The number of H-pyrrole nitrogens is 1. The van der Waals surface area contributed by atoms with Crippen LogP contribution in [0.2, 0.25) is 0 Å². The highest BCUT2D eigenvalue weighted by Crippen LogP contribution is 2.28. The highest BCUT2D eigenvalue weighted by atomic mass is 19.4. The molecule has 7 heteroatoms. The predicted octanol–water partition coefficient (Wildman–Crippen LogP) is 4.82. The first-order valence-corrected chi connectivity index (χ1v) is 8.29. The van der Waals surface area contributed by atoms with Crippen LogP contribution >= 0.6 is 0 Å². The number of nitrogens with zero attached hydrogens (tertiary/aromatic N) is 1. The summed E-state index contributed by atoms with van der Waals surface area (Å²) in [5.41, 5.74) is 0.814. The van der Waals surface area contributed by atoms with Crippen molar-refractivity contribution in [3.8, 4) is 0 Å². The smallest absolute Gasteiger partial charge is 0.344 e. The summed E-state index contributed by atoms with van der Waals surface area (Å²) in [6.45, 7) is 6.16. The van der Waals surface area contributed by atoms with E-state index >= 15 is 0 Å². The van der Waals surface area contributed by atoms with Crippen LogP contribution in [0.3, 0.4) is 0 Å². The van der Waals surface area contributed by atoms with E-state index in [0.29, 0.717) is 18.4 Å². The summed E-state index contributed by atoms with van der Waals surface area (Å²) >= 11 is 0. The number of carbonyl (C=O) groups excluding carboxylic acids is 1. The van der Waals surface area contributed by atoms with Crippen molar-refractivity contribution in [2.75, 3.05) is 0 Å². The molecule has 0 aliphatic heterocycles. The van der Waals surface area contributed by atoms with Gasteiger partial charge in [-0.2, -0.15) is 18.3 Å². The van der Waals surface area contributed by atoms with E-state index < -0.39 is 17.8 Å². The zero-order valence-electron chi connectivity index (χ0n) is 14.4. The molecular formula is C18H22F3N3O. The lowest BCUT2D eigenvalue weighted by molar-refractivity contribution is -0.141. The molecule has 0 saturated heterocycles. The normalized spacial score (nSPS) is 14.2. The minimum absolute atomic E-state index is 0.276. The predicted molar refractivity (Wildman–Crippen MR) is 89.2 cm³/mol. The zero-order chi connectivity index (χ0) is 18.6. The topological polar surface area (TPSA) is 57.8 Å². The van der Waals surface area contributed by atoms with E-state index in [1.54, 1.807) is 0 Å². The molecule has 2 aromatic rings. The summed E-state index contributed by atoms with van der Waals surface area (Å²) in [6, 6.07) is 8.37. The molecular weight excluding hydrogens is 331 g/mol. The molecule has 0 aliphatic carbocycles. The van der Waals surface area contributed by atoms with E-state index in [2.05, 4.69) is 24.3 Å². The van der Waals surface area contributed by atoms with Crippen LogP contribution in [0.15, 0.2) is 30.3 Å². The van der Waals surface area contributed by atoms with Crippen LogP contribution in [-0.4, -0.2) is 16.1 Å². The van der Waals surface area contributed by atoms with Crippen LogP contribution in [-0.2, 0) is 6.18 Å². The average molecular weight is 353 g/mol. The first-order chi connectivity index (χ1) is 11.8. The molecule has 2 unspecified atom stereocenters. The van der Waals surface area contributed by atoms with Crippen LogP contribution in [0.25, 0.3) is 0 Å². The Morgan fingerprint density at radius 1 is 1.16 bits per heavy atom. The highest BCUT2D eigenvalue weighted by Gasteiger charge is 2.34. The maximum atomic E-state index is 12.6. The zero-order valence-corrected chi connectivity index (χ0v) is 14.4. The van der Waals surface area contributed by atoms with E-state index in [9.17, 15) is 18.0 Å². The molecule has 1 aromatic heterocycles. The lowest BCUT2D eigenvalue weighted by atomic mass is 9.95. The fraction of sp³-hybridized carbons (Fsp3) is 0.444. The summed E-state index contributed by atoms with van der Waals surface area (Å²) in [5, 5.41) is 8.04.